The van der Waals surface area contributed by atoms with Crippen LogP contribution in [-0.4, -0.2) is 33.5 Å². The summed E-state index contributed by atoms with van der Waals surface area (Å²) in [4.78, 5) is 24.7. The SMILES string of the molecule is N#Cc1cn(CC2(O)CCOC2)c(=O)[nH]c1=O. The van der Waals surface area contributed by atoms with Gasteiger partial charge in [-0.2, -0.15) is 5.26 Å². The molecule has 0 aliphatic carbocycles. The molecule has 1 aromatic rings. The number of aromatic nitrogens is 2. The van der Waals surface area contributed by atoms with E-state index in [-0.39, 0.29) is 18.7 Å². The Labute approximate surface area is 95.9 Å². The van der Waals surface area contributed by atoms with E-state index in [2.05, 4.69) is 0 Å². The van der Waals surface area contributed by atoms with Crippen molar-refractivity contribution < 1.29 is 9.84 Å². The van der Waals surface area contributed by atoms with E-state index in [4.69, 9.17) is 10.00 Å². The Hall–Kier alpha value is -1.91. The molecule has 2 N–H and O–H groups in total. The average molecular weight is 237 g/mol. The summed E-state index contributed by atoms with van der Waals surface area (Å²) in [6, 6.07) is 1.68. The molecule has 1 atom stereocenters. The topological polar surface area (TPSA) is 108 Å². The van der Waals surface area contributed by atoms with E-state index in [0.29, 0.717) is 13.0 Å². The number of ether oxygens (including phenoxy) is 1. The van der Waals surface area contributed by atoms with E-state index in [9.17, 15) is 14.7 Å². The highest BCUT2D eigenvalue weighted by Gasteiger charge is 2.33. The van der Waals surface area contributed by atoms with Crippen molar-refractivity contribution in [2.75, 3.05) is 13.2 Å². The summed E-state index contributed by atoms with van der Waals surface area (Å²) in [6.07, 6.45) is 1.57. The van der Waals surface area contributed by atoms with Crippen LogP contribution in [0, 0.1) is 11.3 Å². The molecular weight excluding hydrogens is 226 g/mol. The van der Waals surface area contributed by atoms with Gasteiger partial charge in [-0.05, 0) is 0 Å². The lowest BCUT2D eigenvalue weighted by molar-refractivity contribution is 0.0107. The molecule has 0 bridgehead atoms. The fourth-order valence-corrected chi connectivity index (χ4v) is 1.74. The second-order valence-corrected chi connectivity index (χ2v) is 4.07. The molecule has 0 amide bonds. The lowest BCUT2D eigenvalue weighted by atomic mass is 10.0. The van der Waals surface area contributed by atoms with E-state index >= 15 is 0 Å². The molecule has 0 radical (unpaired) electrons. The van der Waals surface area contributed by atoms with Crippen molar-refractivity contribution in [1.82, 2.24) is 9.55 Å². The molecular formula is C10H11N3O4. The Morgan fingerprint density at radius 1 is 1.65 bits per heavy atom. The highest BCUT2D eigenvalue weighted by atomic mass is 16.5. The van der Waals surface area contributed by atoms with E-state index in [1.54, 1.807) is 6.07 Å². The van der Waals surface area contributed by atoms with Gasteiger partial charge in [0.2, 0.25) is 0 Å². The monoisotopic (exact) mass is 237 g/mol. The number of nitriles is 1. The maximum Gasteiger partial charge on any atom is 0.328 e. The zero-order valence-electron chi connectivity index (χ0n) is 8.97. The van der Waals surface area contributed by atoms with Crippen molar-refractivity contribution in [3.8, 4) is 6.07 Å². The van der Waals surface area contributed by atoms with Crippen LogP contribution < -0.4 is 11.2 Å². The standard InChI is InChI=1S/C10H11N3O4/c11-3-7-4-13(9(15)12-8(7)14)5-10(16)1-2-17-6-10/h4,16H,1-2,5-6H2,(H,12,14,15). The number of hydrogen-bond acceptors (Lipinski definition) is 5. The Bertz CT molecular complexity index is 574. The first-order valence-electron chi connectivity index (χ1n) is 5.08. The predicted octanol–water partition coefficient (Wildman–Crippen LogP) is -1.44. The summed E-state index contributed by atoms with van der Waals surface area (Å²) in [5.74, 6) is 0. The van der Waals surface area contributed by atoms with E-state index in [0.717, 1.165) is 10.8 Å². The number of nitrogens with zero attached hydrogens (tertiary/aromatic N) is 2. The molecule has 7 heteroatoms. The number of rotatable bonds is 2. The van der Waals surface area contributed by atoms with Crippen molar-refractivity contribution in [2.45, 2.75) is 18.6 Å². The van der Waals surface area contributed by atoms with E-state index in [1.165, 1.54) is 0 Å². The maximum atomic E-state index is 11.5. The first-order valence-corrected chi connectivity index (χ1v) is 5.08. The van der Waals surface area contributed by atoms with Crippen molar-refractivity contribution in [2.24, 2.45) is 0 Å². The molecule has 1 unspecified atom stereocenters. The molecule has 7 nitrogen and oxygen atoms in total. The van der Waals surface area contributed by atoms with Crippen LogP contribution in [0.4, 0.5) is 0 Å². The molecule has 1 fully saturated rings. The Kier molecular flexibility index (Phi) is 2.83. The van der Waals surface area contributed by atoms with Crippen LogP contribution in [0.1, 0.15) is 12.0 Å². The summed E-state index contributed by atoms with van der Waals surface area (Å²) < 4.78 is 6.17. The van der Waals surface area contributed by atoms with Gasteiger partial charge in [0.15, 0.2) is 0 Å². The lowest BCUT2D eigenvalue weighted by Gasteiger charge is -2.20. The number of aromatic amines is 1. The number of H-pyrrole nitrogens is 1. The largest absolute Gasteiger partial charge is 0.386 e. The Morgan fingerprint density at radius 2 is 2.41 bits per heavy atom. The summed E-state index contributed by atoms with van der Waals surface area (Å²) in [5, 5.41) is 18.7. The zero-order chi connectivity index (χ0) is 12.5. The smallest absolute Gasteiger partial charge is 0.328 e. The first kappa shape index (κ1) is 11.6. The Morgan fingerprint density at radius 3 is 3.00 bits per heavy atom. The molecule has 1 aliphatic heterocycles. The minimum absolute atomic E-state index is 0.00269. The van der Waals surface area contributed by atoms with Crippen molar-refractivity contribution in [1.29, 1.82) is 5.26 Å². The van der Waals surface area contributed by atoms with Gasteiger partial charge in [-0.25, -0.2) is 4.79 Å². The third-order valence-corrected chi connectivity index (χ3v) is 2.68. The fraction of sp³-hybridized carbons (Fsp3) is 0.500. The second kappa shape index (κ2) is 4.16. The van der Waals surface area contributed by atoms with Crippen molar-refractivity contribution >= 4 is 0 Å². The summed E-state index contributed by atoms with van der Waals surface area (Å²) >= 11 is 0. The van der Waals surface area contributed by atoms with Gasteiger partial charge < -0.3 is 9.84 Å². The maximum absolute atomic E-state index is 11.5. The van der Waals surface area contributed by atoms with Crippen LogP contribution in [0.25, 0.3) is 0 Å². The van der Waals surface area contributed by atoms with Gasteiger partial charge in [0, 0.05) is 19.2 Å². The third kappa shape index (κ3) is 2.27. The molecule has 1 aliphatic rings. The zero-order valence-corrected chi connectivity index (χ0v) is 8.97. The molecule has 0 spiro atoms. The molecule has 17 heavy (non-hydrogen) atoms. The summed E-state index contributed by atoms with van der Waals surface area (Å²) in [7, 11) is 0. The summed E-state index contributed by atoms with van der Waals surface area (Å²) in [5.41, 5.74) is -2.64. The number of nitrogens with one attached hydrogen (secondary N) is 1. The molecule has 1 saturated heterocycles. The minimum Gasteiger partial charge on any atom is -0.386 e. The first-order chi connectivity index (χ1) is 8.04. The van der Waals surface area contributed by atoms with Crippen molar-refractivity contribution in [3.05, 3.63) is 32.6 Å². The van der Waals surface area contributed by atoms with Gasteiger partial charge in [-0.15, -0.1) is 0 Å². The van der Waals surface area contributed by atoms with Crippen LogP contribution >= 0.6 is 0 Å². The number of aliphatic hydroxyl groups is 1. The lowest BCUT2D eigenvalue weighted by Crippen LogP contribution is -2.41. The molecule has 1 aromatic heterocycles. The quantitative estimate of drug-likeness (QED) is 0.654. The molecule has 0 saturated carbocycles. The van der Waals surface area contributed by atoms with Gasteiger partial charge in [0.1, 0.15) is 17.2 Å². The molecule has 2 heterocycles. The molecule has 2 rings (SSSR count). The van der Waals surface area contributed by atoms with E-state index < -0.39 is 16.9 Å². The van der Waals surface area contributed by atoms with Gasteiger partial charge in [0.05, 0.1) is 13.2 Å². The van der Waals surface area contributed by atoms with Gasteiger partial charge in [-0.1, -0.05) is 0 Å². The second-order valence-electron chi connectivity index (χ2n) is 4.07. The van der Waals surface area contributed by atoms with Crippen LogP contribution in [0.5, 0.6) is 0 Å². The highest BCUT2D eigenvalue weighted by Crippen LogP contribution is 2.19. The number of hydrogen-bond donors (Lipinski definition) is 2. The van der Waals surface area contributed by atoms with Crippen molar-refractivity contribution in [3.63, 3.8) is 0 Å². The predicted molar refractivity (Wildman–Crippen MR) is 56.4 cm³/mol. The van der Waals surface area contributed by atoms with Crippen LogP contribution in [0.3, 0.4) is 0 Å². The minimum atomic E-state index is -1.12. The molecule has 90 valence electrons. The van der Waals surface area contributed by atoms with Crippen LogP contribution in [0.15, 0.2) is 15.8 Å². The van der Waals surface area contributed by atoms with Crippen LogP contribution in [-0.2, 0) is 11.3 Å². The van der Waals surface area contributed by atoms with Gasteiger partial charge in [-0.3, -0.25) is 14.3 Å². The average Bonchev–Trinajstić information content (AvgIpc) is 2.69. The Balaban J connectivity index is 2.37. The fourth-order valence-electron chi connectivity index (χ4n) is 1.74. The van der Waals surface area contributed by atoms with E-state index in [1.807, 2.05) is 4.98 Å². The van der Waals surface area contributed by atoms with Crippen LogP contribution in [0.2, 0.25) is 0 Å². The summed E-state index contributed by atoms with van der Waals surface area (Å²) in [6.45, 7) is 0.567. The molecule has 0 aromatic carbocycles. The van der Waals surface area contributed by atoms with Gasteiger partial charge in [0.25, 0.3) is 5.56 Å². The van der Waals surface area contributed by atoms with Gasteiger partial charge >= 0.3 is 5.69 Å². The highest BCUT2D eigenvalue weighted by molar-refractivity contribution is 5.21. The third-order valence-electron chi connectivity index (χ3n) is 2.68. The normalized spacial score (nSPS) is 23.5.